The van der Waals surface area contributed by atoms with Crippen LogP contribution in [0.2, 0.25) is 0 Å². The van der Waals surface area contributed by atoms with E-state index >= 15 is 0 Å². The normalized spacial score (nSPS) is 16.8. The van der Waals surface area contributed by atoms with E-state index in [-0.39, 0.29) is 6.03 Å². The van der Waals surface area contributed by atoms with Crippen molar-refractivity contribution in [3.8, 4) is 0 Å². The minimum absolute atomic E-state index is 0.212. The SMILES string of the molecule is COC(=O)C(C)NC(=O)N1CCC(c2nc3ccccc3s2)CC1. The number of nitrogens with one attached hydrogen (secondary N) is 1. The number of hydrogen-bond donors (Lipinski definition) is 1. The van der Waals surface area contributed by atoms with Gasteiger partial charge in [-0.05, 0) is 31.9 Å². The number of amides is 2. The van der Waals surface area contributed by atoms with Gasteiger partial charge in [0, 0.05) is 19.0 Å². The summed E-state index contributed by atoms with van der Waals surface area (Å²) < 4.78 is 5.83. The van der Waals surface area contributed by atoms with Gasteiger partial charge in [0.2, 0.25) is 0 Å². The number of para-hydroxylation sites is 1. The molecule has 6 nitrogen and oxygen atoms in total. The number of esters is 1. The van der Waals surface area contributed by atoms with E-state index in [1.165, 1.54) is 11.8 Å². The van der Waals surface area contributed by atoms with Crippen molar-refractivity contribution in [2.24, 2.45) is 0 Å². The third-order valence-electron chi connectivity index (χ3n) is 4.34. The van der Waals surface area contributed by atoms with Gasteiger partial charge in [0.25, 0.3) is 0 Å². The topological polar surface area (TPSA) is 71.5 Å². The Labute approximate surface area is 144 Å². The fraction of sp³-hybridized carbons (Fsp3) is 0.471. The van der Waals surface area contributed by atoms with Crippen molar-refractivity contribution in [3.05, 3.63) is 29.3 Å². The number of rotatable bonds is 3. The van der Waals surface area contributed by atoms with E-state index in [1.807, 2.05) is 18.2 Å². The number of ether oxygens (including phenoxy) is 1. The van der Waals surface area contributed by atoms with Gasteiger partial charge in [-0.3, -0.25) is 0 Å². The van der Waals surface area contributed by atoms with Crippen molar-refractivity contribution in [2.45, 2.75) is 31.7 Å². The summed E-state index contributed by atoms with van der Waals surface area (Å²) in [6, 6.07) is 7.31. The molecule has 3 rings (SSSR count). The average Bonchev–Trinajstić information content (AvgIpc) is 3.05. The standard InChI is InChI=1S/C17H21N3O3S/c1-11(16(21)23-2)18-17(22)20-9-7-12(8-10-20)15-19-13-5-3-4-6-14(13)24-15/h3-6,11-12H,7-10H2,1-2H3,(H,18,22). The minimum atomic E-state index is -0.635. The first-order chi connectivity index (χ1) is 11.6. The first-order valence-corrected chi connectivity index (χ1v) is 8.89. The fourth-order valence-corrected chi connectivity index (χ4v) is 4.04. The quantitative estimate of drug-likeness (QED) is 0.867. The molecule has 1 fully saturated rings. The zero-order valence-electron chi connectivity index (χ0n) is 13.8. The number of methoxy groups -OCH3 is 1. The van der Waals surface area contributed by atoms with Crippen LogP contribution in [0.4, 0.5) is 4.79 Å². The predicted molar refractivity (Wildman–Crippen MR) is 93.2 cm³/mol. The highest BCUT2D eigenvalue weighted by molar-refractivity contribution is 7.18. The van der Waals surface area contributed by atoms with Crippen LogP contribution in [0, 0.1) is 0 Å². The van der Waals surface area contributed by atoms with Crippen molar-refractivity contribution in [2.75, 3.05) is 20.2 Å². The zero-order chi connectivity index (χ0) is 17.1. The summed E-state index contributed by atoms with van der Waals surface area (Å²) in [5, 5.41) is 3.83. The van der Waals surface area contributed by atoms with Gasteiger partial charge in [0.15, 0.2) is 0 Å². The lowest BCUT2D eigenvalue weighted by molar-refractivity contribution is -0.142. The Hall–Kier alpha value is -2.15. The molecular formula is C17H21N3O3S. The third kappa shape index (κ3) is 3.51. The van der Waals surface area contributed by atoms with E-state index < -0.39 is 12.0 Å². The third-order valence-corrected chi connectivity index (χ3v) is 5.54. The van der Waals surface area contributed by atoms with Gasteiger partial charge in [0.05, 0.1) is 22.3 Å². The molecular weight excluding hydrogens is 326 g/mol. The largest absolute Gasteiger partial charge is 0.467 e. The number of likely N-dealkylation sites (tertiary alicyclic amines) is 1. The van der Waals surface area contributed by atoms with Gasteiger partial charge in [0.1, 0.15) is 6.04 Å². The highest BCUT2D eigenvalue weighted by atomic mass is 32.1. The fourth-order valence-electron chi connectivity index (χ4n) is 2.91. The number of carbonyl (C=O) groups is 2. The average molecular weight is 347 g/mol. The summed E-state index contributed by atoms with van der Waals surface area (Å²) >= 11 is 1.74. The molecule has 0 saturated carbocycles. The van der Waals surface area contributed by atoms with Crippen LogP contribution in [0.1, 0.15) is 30.7 Å². The Morgan fingerprint density at radius 3 is 2.71 bits per heavy atom. The monoisotopic (exact) mass is 347 g/mol. The molecule has 1 aromatic heterocycles. The Kier molecular flexibility index (Phi) is 4.99. The molecule has 1 saturated heterocycles. The van der Waals surface area contributed by atoms with E-state index in [9.17, 15) is 9.59 Å². The molecule has 1 aliphatic heterocycles. The van der Waals surface area contributed by atoms with E-state index in [0.29, 0.717) is 19.0 Å². The van der Waals surface area contributed by atoms with Gasteiger partial charge in [-0.2, -0.15) is 0 Å². The van der Waals surface area contributed by atoms with Gasteiger partial charge in [-0.15, -0.1) is 11.3 Å². The molecule has 1 unspecified atom stereocenters. The molecule has 128 valence electrons. The molecule has 2 aromatic rings. The second-order valence-corrected chi connectivity index (χ2v) is 7.04. The van der Waals surface area contributed by atoms with Crippen LogP contribution >= 0.6 is 11.3 Å². The van der Waals surface area contributed by atoms with Crippen LogP contribution in [0.25, 0.3) is 10.2 Å². The van der Waals surface area contributed by atoms with Crippen molar-refractivity contribution >= 4 is 33.6 Å². The van der Waals surface area contributed by atoms with Crippen LogP contribution in [-0.4, -0.2) is 48.1 Å². The number of thiazole rings is 1. The van der Waals surface area contributed by atoms with Crippen LogP contribution in [-0.2, 0) is 9.53 Å². The highest BCUT2D eigenvalue weighted by Crippen LogP contribution is 2.33. The number of carbonyl (C=O) groups excluding carboxylic acids is 2. The summed E-state index contributed by atoms with van der Waals surface area (Å²) in [5.41, 5.74) is 1.05. The molecule has 0 bridgehead atoms. The summed E-state index contributed by atoms with van der Waals surface area (Å²) in [4.78, 5) is 30.1. The Morgan fingerprint density at radius 2 is 2.04 bits per heavy atom. The van der Waals surface area contributed by atoms with E-state index in [1.54, 1.807) is 23.2 Å². The number of urea groups is 1. The lowest BCUT2D eigenvalue weighted by Gasteiger charge is -2.31. The number of benzene rings is 1. The van der Waals surface area contributed by atoms with Gasteiger partial charge < -0.3 is 15.0 Å². The second kappa shape index (κ2) is 7.17. The summed E-state index contributed by atoms with van der Waals surface area (Å²) in [5.74, 6) is -0.0443. The van der Waals surface area contributed by atoms with Crippen molar-refractivity contribution in [3.63, 3.8) is 0 Å². The molecule has 1 atom stereocenters. The van der Waals surface area contributed by atoms with Gasteiger partial charge in [-0.25, -0.2) is 14.6 Å². The maximum atomic E-state index is 12.2. The number of aromatic nitrogens is 1. The molecule has 7 heteroatoms. The molecule has 0 aliphatic carbocycles. The number of hydrogen-bond acceptors (Lipinski definition) is 5. The lowest BCUT2D eigenvalue weighted by Crippen LogP contribution is -2.49. The van der Waals surface area contributed by atoms with E-state index in [2.05, 4.69) is 16.1 Å². The predicted octanol–water partition coefficient (Wildman–Crippen LogP) is 2.75. The van der Waals surface area contributed by atoms with Crippen molar-refractivity contribution in [1.82, 2.24) is 15.2 Å². The van der Waals surface area contributed by atoms with Crippen LogP contribution < -0.4 is 5.32 Å². The van der Waals surface area contributed by atoms with Crippen LogP contribution in [0.3, 0.4) is 0 Å². The lowest BCUT2D eigenvalue weighted by atomic mass is 9.98. The first kappa shape index (κ1) is 16.7. The molecule has 0 spiro atoms. The van der Waals surface area contributed by atoms with Crippen LogP contribution in [0.15, 0.2) is 24.3 Å². The van der Waals surface area contributed by atoms with Crippen LogP contribution in [0.5, 0.6) is 0 Å². The van der Waals surface area contributed by atoms with Gasteiger partial charge >= 0.3 is 12.0 Å². The zero-order valence-corrected chi connectivity index (χ0v) is 14.6. The summed E-state index contributed by atoms with van der Waals surface area (Å²) in [7, 11) is 1.31. The maximum absolute atomic E-state index is 12.2. The number of nitrogens with zero attached hydrogens (tertiary/aromatic N) is 2. The molecule has 2 heterocycles. The molecule has 0 radical (unpaired) electrons. The van der Waals surface area contributed by atoms with Gasteiger partial charge in [-0.1, -0.05) is 12.1 Å². The summed E-state index contributed by atoms with van der Waals surface area (Å²) in [6.07, 6.45) is 1.78. The van der Waals surface area contributed by atoms with Crippen molar-refractivity contribution < 1.29 is 14.3 Å². The Morgan fingerprint density at radius 1 is 1.33 bits per heavy atom. The Bertz CT molecular complexity index is 705. The molecule has 1 aromatic carbocycles. The second-order valence-electron chi connectivity index (χ2n) is 5.98. The molecule has 24 heavy (non-hydrogen) atoms. The van der Waals surface area contributed by atoms with Crippen molar-refractivity contribution in [1.29, 1.82) is 0 Å². The van der Waals surface area contributed by atoms with E-state index in [4.69, 9.17) is 4.98 Å². The smallest absolute Gasteiger partial charge is 0.328 e. The Balaban J connectivity index is 1.57. The summed E-state index contributed by atoms with van der Waals surface area (Å²) in [6.45, 7) is 2.96. The number of piperidine rings is 1. The molecule has 1 aliphatic rings. The molecule has 1 N–H and O–H groups in total. The minimum Gasteiger partial charge on any atom is -0.467 e. The highest BCUT2D eigenvalue weighted by Gasteiger charge is 2.27. The van der Waals surface area contributed by atoms with E-state index in [0.717, 1.165) is 23.4 Å². The first-order valence-electron chi connectivity index (χ1n) is 8.07. The molecule has 2 amide bonds. The number of fused-ring (bicyclic) bond motifs is 1. The maximum Gasteiger partial charge on any atom is 0.328 e.